The molecule has 1 aromatic carbocycles. The molecule has 27 heavy (non-hydrogen) atoms. The first-order valence-corrected chi connectivity index (χ1v) is 8.74. The first-order chi connectivity index (χ1) is 12.7. The number of hydrogen-bond acceptors (Lipinski definition) is 6. The summed E-state index contributed by atoms with van der Waals surface area (Å²) in [6, 6.07) is 6.99. The van der Waals surface area contributed by atoms with Crippen molar-refractivity contribution in [1.29, 1.82) is 5.26 Å². The Morgan fingerprint density at radius 3 is 2.67 bits per heavy atom. The monoisotopic (exact) mass is 374 g/mol. The van der Waals surface area contributed by atoms with Crippen LogP contribution in [0.3, 0.4) is 0 Å². The van der Waals surface area contributed by atoms with Gasteiger partial charge in [-0.05, 0) is 58.4 Å². The van der Waals surface area contributed by atoms with Gasteiger partial charge in [-0.15, -0.1) is 0 Å². The van der Waals surface area contributed by atoms with E-state index in [2.05, 4.69) is 5.32 Å². The van der Waals surface area contributed by atoms with Crippen LogP contribution < -0.4 is 10.1 Å². The van der Waals surface area contributed by atoms with Crippen molar-refractivity contribution >= 4 is 18.1 Å². The van der Waals surface area contributed by atoms with Crippen molar-refractivity contribution in [2.24, 2.45) is 0 Å². The molecule has 1 amide bonds. The highest BCUT2D eigenvalue weighted by molar-refractivity contribution is 5.87. The molecule has 0 heterocycles. The summed E-state index contributed by atoms with van der Waals surface area (Å²) < 4.78 is 15.7. The third-order valence-electron chi connectivity index (χ3n) is 3.08. The van der Waals surface area contributed by atoms with Crippen LogP contribution in [-0.2, 0) is 14.3 Å². The Hall–Kier alpha value is -3.01. The van der Waals surface area contributed by atoms with Crippen LogP contribution in [0.15, 0.2) is 24.3 Å². The largest absolute Gasteiger partial charge is 0.493 e. The summed E-state index contributed by atoms with van der Waals surface area (Å²) >= 11 is 0. The van der Waals surface area contributed by atoms with Crippen molar-refractivity contribution in [2.75, 3.05) is 19.8 Å². The molecule has 1 N–H and O–H groups in total. The van der Waals surface area contributed by atoms with Gasteiger partial charge in [0, 0.05) is 18.2 Å². The number of amides is 1. The highest BCUT2D eigenvalue weighted by atomic mass is 16.6. The molecular formula is C20H26N2O5. The van der Waals surface area contributed by atoms with E-state index in [-0.39, 0.29) is 0 Å². The van der Waals surface area contributed by atoms with Crippen molar-refractivity contribution in [3.8, 4) is 11.8 Å². The van der Waals surface area contributed by atoms with Gasteiger partial charge in [0.05, 0.1) is 24.8 Å². The van der Waals surface area contributed by atoms with E-state index in [0.29, 0.717) is 43.1 Å². The number of hydrogen-bond donors (Lipinski definition) is 1. The fraction of sp³-hybridized carbons (Fsp3) is 0.450. The summed E-state index contributed by atoms with van der Waals surface area (Å²) in [4.78, 5) is 23.0. The highest BCUT2D eigenvalue weighted by Gasteiger charge is 2.15. The second-order valence-corrected chi connectivity index (χ2v) is 6.58. The molecule has 0 saturated carbocycles. The predicted octanol–water partition coefficient (Wildman–Crippen LogP) is 3.43. The second-order valence-electron chi connectivity index (χ2n) is 6.58. The molecule has 0 atom stereocenters. The molecule has 0 aliphatic carbocycles. The number of benzene rings is 1. The molecule has 7 nitrogen and oxygen atoms in total. The zero-order valence-electron chi connectivity index (χ0n) is 16.2. The lowest BCUT2D eigenvalue weighted by atomic mass is 10.1. The summed E-state index contributed by atoms with van der Waals surface area (Å²) in [7, 11) is 0. The number of alkyl carbamates (subject to hydrolysis) is 1. The summed E-state index contributed by atoms with van der Waals surface area (Å²) in [6.07, 6.45) is 2.96. The lowest BCUT2D eigenvalue weighted by Gasteiger charge is -2.19. The first kappa shape index (κ1) is 22.0. The lowest BCUT2D eigenvalue weighted by Crippen LogP contribution is -2.33. The van der Waals surface area contributed by atoms with Gasteiger partial charge in [-0.2, -0.15) is 5.26 Å². The van der Waals surface area contributed by atoms with Crippen LogP contribution >= 0.6 is 0 Å². The van der Waals surface area contributed by atoms with E-state index in [1.807, 2.05) is 6.07 Å². The average Bonchev–Trinajstić information content (AvgIpc) is 2.58. The molecule has 0 fully saturated rings. The first-order valence-electron chi connectivity index (χ1n) is 8.74. The molecule has 0 unspecified atom stereocenters. The molecule has 0 aromatic heterocycles. The molecule has 0 bridgehead atoms. The molecule has 1 aromatic rings. The van der Waals surface area contributed by atoms with Crippen LogP contribution in [0.1, 0.15) is 45.2 Å². The summed E-state index contributed by atoms with van der Waals surface area (Å²) in [6.45, 7) is 8.12. The van der Waals surface area contributed by atoms with Gasteiger partial charge in [0.25, 0.3) is 0 Å². The number of carbonyl (C=O) groups excluding carboxylic acids is 2. The van der Waals surface area contributed by atoms with Gasteiger partial charge in [-0.1, -0.05) is 0 Å². The fourth-order valence-corrected chi connectivity index (χ4v) is 1.97. The van der Waals surface area contributed by atoms with Gasteiger partial charge in [0.15, 0.2) is 0 Å². The minimum absolute atomic E-state index is 0.296. The number of rotatable bonds is 8. The van der Waals surface area contributed by atoms with Crippen LogP contribution in [-0.4, -0.2) is 37.4 Å². The van der Waals surface area contributed by atoms with Gasteiger partial charge < -0.3 is 19.5 Å². The quantitative estimate of drug-likeness (QED) is 0.425. The SMILES string of the molecule is CCOC(=O)C=Cc1ccc(C#N)cc1OCCCNC(=O)OC(C)(C)C. The van der Waals surface area contributed by atoms with Crippen LogP contribution in [0.4, 0.5) is 4.79 Å². The summed E-state index contributed by atoms with van der Waals surface area (Å²) in [5, 5.41) is 11.7. The molecule has 0 radical (unpaired) electrons. The van der Waals surface area contributed by atoms with E-state index < -0.39 is 17.7 Å². The summed E-state index contributed by atoms with van der Waals surface area (Å²) in [5.41, 5.74) is 0.561. The molecule has 0 saturated heterocycles. The van der Waals surface area contributed by atoms with E-state index in [1.165, 1.54) is 6.08 Å². The minimum Gasteiger partial charge on any atom is -0.493 e. The molecule has 0 spiro atoms. The highest BCUT2D eigenvalue weighted by Crippen LogP contribution is 2.22. The third-order valence-corrected chi connectivity index (χ3v) is 3.08. The Kier molecular flexibility index (Phi) is 8.86. The van der Waals surface area contributed by atoms with Crippen molar-refractivity contribution in [2.45, 2.75) is 39.7 Å². The molecule has 1 rings (SSSR count). The number of nitrogens with one attached hydrogen (secondary N) is 1. The van der Waals surface area contributed by atoms with Gasteiger partial charge in [-0.3, -0.25) is 0 Å². The zero-order valence-corrected chi connectivity index (χ0v) is 16.2. The Bertz CT molecular complexity index is 714. The molecule has 0 aliphatic rings. The minimum atomic E-state index is -0.543. The average molecular weight is 374 g/mol. The van der Waals surface area contributed by atoms with E-state index in [9.17, 15) is 9.59 Å². The lowest BCUT2D eigenvalue weighted by molar-refractivity contribution is -0.137. The van der Waals surface area contributed by atoms with Crippen molar-refractivity contribution in [1.82, 2.24) is 5.32 Å². The van der Waals surface area contributed by atoms with Crippen LogP contribution in [0.25, 0.3) is 6.08 Å². The van der Waals surface area contributed by atoms with Crippen LogP contribution in [0.2, 0.25) is 0 Å². The Balaban J connectivity index is 2.59. The molecular weight excluding hydrogens is 348 g/mol. The third kappa shape index (κ3) is 9.31. The number of nitrogens with zero attached hydrogens (tertiary/aromatic N) is 1. The number of nitriles is 1. The molecule has 7 heteroatoms. The van der Waals surface area contributed by atoms with E-state index >= 15 is 0 Å². The maximum atomic E-state index is 11.6. The van der Waals surface area contributed by atoms with E-state index in [0.717, 1.165) is 0 Å². The Labute approximate surface area is 159 Å². The summed E-state index contributed by atoms with van der Waals surface area (Å²) in [5.74, 6) is 0.0289. The fourth-order valence-electron chi connectivity index (χ4n) is 1.97. The topological polar surface area (TPSA) is 97.7 Å². The molecule has 146 valence electrons. The second kappa shape index (κ2) is 10.9. The number of esters is 1. The maximum Gasteiger partial charge on any atom is 0.407 e. The van der Waals surface area contributed by atoms with E-state index in [4.69, 9.17) is 19.5 Å². The van der Waals surface area contributed by atoms with Gasteiger partial charge in [0.1, 0.15) is 11.4 Å². The van der Waals surface area contributed by atoms with Gasteiger partial charge >= 0.3 is 12.1 Å². The smallest absolute Gasteiger partial charge is 0.407 e. The zero-order chi connectivity index (χ0) is 20.3. The van der Waals surface area contributed by atoms with E-state index in [1.54, 1.807) is 52.0 Å². The van der Waals surface area contributed by atoms with Crippen LogP contribution in [0, 0.1) is 11.3 Å². The van der Waals surface area contributed by atoms with Crippen LogP contribution in [0.5, 0.6) is 5.75 Å². The molecule has 0 aliphatic heterocycles. The number of carbonyl (C=O) groups is 2. The normalized spacial score (nSPS) is 10.9. The standard InChI is InChI=1S/C20H26N2O5/c1-5-25-18(23)10-9-16-8-7-15(14-21)13-17(16)26-12-6-11-22-19(24)27-20(2,3)4/h7-10,13H,5-6,11-12H2,1-4H3,(H,22,24). The van der Waals surface area contributed by atoms with Gasteiger partial charge in [-0.25, -0.2) is 9.59 Å². The van der Waals surface area contributed by atoms with Crippen molar-refractivity contribution < 1.29 is 23.8 Å². The van der Waals surface area contributed by atoms with Crippen molar-refractivity contribution in [3.05, 3.63) is 35.4 Å². The Morgan fingerprint density at radius 2 is 2.04 bits per heavy atom. The Morgan fingerprint density at radius 1 is 1.30 bits per heavy atom. The maximum absolute atomic E-state index is 11.6. The van der Waals surface area contributed by atoms with Gasteiger partial charge in [0.2, 0.25) is 0 Å². The number of ether oxygens (including phenoxy) is 3. The predicted molar refractivity (Wildman–Crippen MR) is 101 cm³/mol. The van der Waals surface area contributed by atoms with Crippen molar-refractivity contribution in [3.63, 3.8) is 0 Å².